The summed E-state index contributed by atoms with van der Waals surface area (Å²) >= 11 is 0. The summed E-state index contributed by atoms with van der Waals surface area (Å²) in [5.74, 6) is -0.118. The number of anilines is 1. The largest absolute Gasteiger partial charge is 0.399 e. The Bertz CT molecular complexity index is 539. The molecule has 0 spiro atoms. The number of hydrogen-bond acceptors (Lipinski definition) is 4. The number of benzene rings is 1. The monoisotopic (exact) mass is 256 g/mol. The maximum Gasteiger partial charge on any atom is 0.274 e. The Hall–Kier alpha value is -2.43. The topological polar surface area (TPSA) is 72.1 Å². The van der Waals surface area contributed by atoms with E-state index >= 15 is 0 Å². The van der Waals surface area contributed by atoms with Gasteiger partial charge in [0.15, 0.2) is 0 Å². The quantitative estimate of drug-likeness (QED) is 0.845. The average molecular weight is 256 g/mol. The van der Waals surface area contributed by atoms with Gasteiger partial charge in [-0.05, 0) is 24.6 Å². The highest BCUT2D eigenvalue weighted by molar-refractivity contribution is 5.91. The molecule has 0 bridgehead atoms. The van der Waals surface area contributed by atoms with Crippen LogP contribution >= 0.6 is 0 Å². The Kier molecular flexibility index (Phi) is 4.07. The van der Waals surface area contributed by atoms with E-state index in [9.17, 15) is 4.79 Å². The second kappa shape index (κ2) is 5.95. The van der Waals surface area contributed by atoms with Gasteiger partial charge < -0.3 is 10.6 Å². The van der Waals surface area contributed by atoms with Gasteiger partial charge in [-0.1, -0.05) is 12.1 Å². The maximum absolute atomic E-state index is 12.2. The molecule has 0 aliphatic rings. The average Bonchev–Trinajstić information content (AvgIpc) is 2.47. The molecular formula is C14H16N4O. The Morgan fingerprint density at radius 2 is 2.00 bits per heavy atom. The molecule has 98 valence electrons. The van der Waals surface area contributed by atoms with E-state index in [1.54, 1.807) is 11.1 Å². The van der Waals surface area contributed by atoms with Crippen LogP contribution in [0, 0.1) is 0 Å². The molecule has 1 aromatic carbocycles. The zero-order valence-corrected chi connectivity index (χ0v) is 10.8. The van der Waals surface area contributed by atoms with Crippen LogP contribution in [0.2, 0.25) is 0 Å². The van der Waals surface area contributed by atoms with Gasteiger partial charge in [0.25, 0.3) is 5.91 Å². The summed E-state index contributed by atoms with van der Waals surface area (Å²) in [6.07, 6.45) is 4.55. The number of carbonyl (C=O) groups is 1. The molecule has 0 saturated carbocycles. The van der Waals surface area contributed by atoms with Crippen LogP contribution in [-0.4, -0.2) is 27.3 Å². The van der Waals surface area contributed by atoms with Gasteiger partial charge in [-0.3, -0.25) is 9.78 Å². The highest BCUT2D eigenvalue weighted by Crippen LogP contribution is 2.10. The summed E-state index contributed by atoms with van der Waals surface area (Å²) in [5, 5.41) is 0. The lowest BCUT2D eigenvalue weighted by atomic mass is 10.2. The van der Waals surface area contributed by atoms with Crippen LogP contribution in [0.4, 0.5) is 5.69 Å². The summed E-state index contributed by atoms with van der Waals surface area (Å²) in [7, 11) is 0. The van der Waals surface area contributed by atoms with E-state index in [4.69, 9.17) is 5.73 Å². The van der Waals surface area contributed by atoms with Crippen LogP contribution < -0.4 is 5.73 Å². The van der Waals surface area contributed by atoms with E-state index < -0.39 is 0 Å². The van der Waals surface area contributed by atoms with Gasteiger partial charge in [0.1, 0.15) is 5.69 Å². The molecule has 5 nitrogen and oxygen atoms in total. The van der Waals surface area contributed by atoms with Crippen molar-refractivity contribution in [1.82, 2.24) is 14.9 Å². The van der Waals surface area contributed by atoms with Crippen molar-refractivity contribution in [2.75, 3.05) is 12.3 Å². The van der Waals surface area contributed by atoms with Gasteiger partial charge in [-0.2, -0.15) is 0 Å². The van der Waals surface area contributed by atoms with Crippen LogP contribution in [0.25, 0.3) is 0 Å². The maximum atomic E-state index is 12.2. The van der Waals surface area contributed by atoms with Gasteiger partial charge in [0, 0.05) is 31.2 Å². The number of rotatable bonds is 4. The van der Waals surface area contributed by atoms with E-state index in [1.807, 2.05) is 31.2 Å². The molecule has 5 heteroatoms. The second-order valence-electron chi connectivity index (χ2n) is 4.15. The minimum absolute atomic E-state index is 0.118. The van der Waals surface area contributed by atoms with Crippen molar-refractivity contribution in [3.63, 3.8) is 0 Å². The van der Waals surface area contributed by atoms with Crippen molar-refractivity contribution in [2.45, 2.75) is 13.5 Å². The van der Waals surface area contributed by atoms with Crippen molar-refractivity contribution >= 4 is 11.6 Å². The van der Waals surface area contributed by atoms with Crippen LogP contribution in [0.15, 0.2) is 42.9 Å². The molecule has 2 aromatic rings. The number of nitrogen functional groups attached to an aromatic ring is 1. The molecule has 0 radical (unpaired) electrons. The van der Waals surface area contributed by atoms with Crippen molar-refractivity contribution < 1.29 is 4.79 Å². The smallest absolute Gasteiger partial charge is 0.274 e. The third kappa shape index (κ3) is 3.28. The number of amides is 1. The van der Waals surface area contributed by atoms with Crippen LogP contribution in [0.1, 0.15) is 23.0 Å². The first-order valence-electron chi connectivity index (χ1n) is 6.10. The van der Waals surface area contributed by atoms with E-state index in [2.05, 4.69) is 9.97 Å². The van der Waals surface area contributed by atoms with Crippen LogP contribution in [-0.2, 0) is 6.54 Å². The second-order valence-corrected chi connectivity index (χ2v) is 4.15. The lowest BCUT2D eigenvalue weighted by molar-refractivity contribution is 0.0746. The molecule has 19 heavy (non-hydrogen) atoms. The van der Waals surface area contributed by atoms with Crippen molar-refractivity contribution in [3.8, 4) is 0 Å². The third-order valence-electron chi connectivity index (χ3n) is 2.80. The first-order chi connectivity index (χ1) is 9.20. The SMILES string of the molecule is CCN(Cc1ccc(N)cc1)C(=O)c1cnccn1. The highest BCUT2D eigenvalue weighted by atomic mass is 16.2. The van der Waals surface area contributed by atoms with Crippen molar-refractivity contribution in [2.24, 2.45) is 0 Å². The number of nitrogens with zero attached hydrogens (tertiary/aromatic N) is 3. The summed E-state index contributed by atoms with van der Waals surface area (Å²) in [4.78, 5) is 21.9. The lowest BCUT2D eigenvalue weighted by Gasteiger charge is -2.20. The van der Waals surface area contributed by atoms with Crippen molar-refractivity contribution in [1.29, 1.82) is 0 Å². The Balaban J connectivity index is 2.12. The molecule has 2 N–H and O–H groups in total. The molecule has 2 rings (SSSR count). The van der Waals surface area contributed by atoms with Gasteiger partial charge in [-0.15, -0.1) is 0 Å². The summed E-state index contributed by atoms with van der Waals surface area (Å²) in [6.45, 7) is 3.08. The Labute approximate surface area is 112 Å². The highest BCUT2D eigenvalue weighted by Gasteiger charge is 2.15. The standard InChI is InChI=1S/C14H16N4O/c1-2-18(10-11-3-5-12(15)6-4-11)14(19)13-9-16-7-8-17-13/h3-9H,2,10,15H2,1H3. The minimum Gasteiger partial charge on any atom is -0.399 e. The summed E-state index contributed by atoms with van der Waals surface area (Å²) < 4.78 is 0. The predicted molar refractivity (Wildman–Crippen MR) is 73.3 cm³/mol. The molecule has 0 atom stereocenters. The fraction of sp³-hybridized carbons (Fsp3) is 0.214. The zero-order chi connectivity index (χ0) is 13.7. The van der Waals surface area contributed by atoms with Gasteiger partial charge in [-0.25, -0.2) is 4.98 Å². The van der Waals surface area contributed by atoms with Gasteiger partial charge >= 0.3 is 0 Å². The molecular weight excluding hydrogens is 240 g/mol. The minimum atomic E-state index is -0.118. The van der Waals surface area contributed by atoms with Crippen LogP contribution in [0.3, 0.4) is 0 Å². The summed E-state index contributed by atoms with van der Waals surface area (Å²) in [5.41, 5.74) is 7.75. The molecule has 0 fully saturated rings. The van der Waals surface area contributed by atoms with E-state index in [0.717, 1.165) is 5.56 Å². The lowest BCUT2D eigenvalue weighted by Crippen LogP contribution is -2.31. The normalized spacial score (nSPS) is 10.2. The fourth-order valence-electron chi connectivity index (χ4n) is 1.74. The molecule has 1 aromatic heterocycles. The van der Waals surface area contributed by atoms with Crippen LogP contribution in [0.5, 0.6) is 0 Å². The Morgan fingerprint density at radius 1 is 1.26 bits per heavy atom. The first kappa shape index (κ1) is 13.0. The summed E-state index contributed by atoms with van der Waals surface area (Å²) in [6, 6.07) is 7.50. The van der Waals surface area contributed by atoms with E-state index in [0.29, 0.717) is 24.5 Å². The number of carbonyl (C=O) groups excluding carboxylic acids is 1. The zero-order valence-electron chi connectivity index (χ0n) is 10.8. The van der Waals surface area contributed by atoms with Crippen molar-refractivity contribution in [3.05, 3.63) is 54.1 Å². The molecule has 0 saturated heterocycles. The molecule has 0 unspecified atom stereocenters. The fourth-order valence-corrected chi connectivity index (χ4v) is 1.74. The number of hydrogen-bond donors (Lipinski definition) is 1. The molecule has 1 heterocycles. The molecule has 0 aliphatic heterocycles. The number of aromatic nitrogens is 2. The number of nitrogens with two attached hydrogens (primary N) is 1. The van der Waals surface area contributed by atoms with Gasteiger partial charge in [0.2, 0.25) is 0 Å². The van der Waals surface area contributed by atoms with Gasteiger partial charge in [0.05, 0.1) is 6.20 Å². The molecule has 1 amide bonds. The third-order valence-corrected chi connectivity index (χ3v) is 2.80. The Morgan fingerprint density at radius 3 is 2.58 bits per heavy atom. The molecule has 0 aliphatic carbocycles. The predicted octanol–water partition coefficient (Wildman–Crippen LogP) is 1.72. The van der Waals surface area contributed by atoms with E-state index in [-0.39, 0.29) is 5.91 Å². The first-order valence-corrected chi connectivity index (χ1v) is 6.10. The van der Waals surface area contributed by atoms with E-state index in [1.165, 1.54) is 12.4 Å².